The second kappa shape index (κ2) is 4.00. The molecular formula is C12H14FN3O. The van der Waals surface area contributed by atoms with Gasteiger partial charge in [-0.2, -0.15) is 0 Å². The molecule has 0 aliphatic carbocycles. The highest BCUT2D eigenvalue weighted by Crippen LogP contribution is 2.26. The summed E-state index contributed by atoms with van der Waals surface area (Å²) in [7, 11) is 1.83. The highest BCUT2D eigenvalue weighted by atomic mass is 19.1. The molecule has 1 aliphatic heterocycles. The van der Waals surface area contributed by atoms with E-state index in [0.29, 0.717) is 5.88 Å². The summed E-state index contributed by atoms with van der Waals surface area (Å²) in [6.07, 6.45) is 1.10. The van der Waals surface area contributed by atoms with Gasteiger partial charge in [-0.25, -0.2) is 4.39 Å². The van der Waals surface area contributed by atoms with E-state index in [1.165, 1.54) is 12.1 Å². The maximum Gasteiger partial charge on any atom is 0.241 e. The van der Waals surface area contributed by atoms with Gasteiger partial charge in [-0.15, -0.1) is 5.10 Å². The Kier molecular flexibility index (Phi) is 2.48. The van der Waals surface area contributed by atoms with Crippen LogP contribution in [0.4, 0.5) is 4.39 Å². The number of benzene rings is 1. The Hall–Kier alpha value is -1.62. The van der Waals surface area contributed by atoms with Crippen LogP contribution in [0, 0.1) is 5.82 Å². The molecule has 0 bridgehead atoms. The summed E-state index contributed by atoms with van der Waals surface area (Å²) in [5.74, 6) is 0.260. The Morgan fingerprint density at radius 1 is 1.53 bits per heavy atom. The zero-order valence-electron chi connectivity index (χ0n) is 9.61. The first kappa shape index (κ1) is 10.5. The smallest absolute Gasteiger partial charge is 0.241 e. The third kappa shape index (κ3) is 1.86. The van der Waals surface area contributed by atoms with Crippen LogP contribution < -0.4 is 10.1 Å². The maximum atomic E-state index is 13.2. The van der Waals surface area contributed by atoms with Gasteiger partial charge in [-0.1, -0.05) is 0 Å². The van der Waals surface area contributed by atoms with E-state index in [4.69, 9.17) is 4.74 Å². The van der Waals surface area contributed by atoms with Gasteiger partial charge in [0, 0.05) is 13.6 Å². The minimum absolute atomic E-state index is 0.136. The van der Waals surface area contributed by atoms with Crippen LogP contribution in [0.5, 0.6) is 5.88 Å². The molecule has 1 aromatic carbocycles. The number of hydrogen-bond donors (Lipinski definition) is 1. The SMILES string of the molecule is Cn1nc(OC2CCNC2)c2cc(F)ccc21. The Balaban J connectivity index is 2.00. The molecule has 90 valence electrons. The van der Waals surface area contributed by atoms with E-state index in [-0.39, 0.29) is 11.9 Å². The first-order valence-electron chi connectivity index (χ1n) is 5.73. The van der Waals surface area contributed by atoms with Crippen molar-refractivity contribution < 1.29 is 9.13 Å². The number of aryl methyl sites for hydroxylation is 1. The van der Waals surface area contributed by atoms with Gasteiger partial charge in [0.25, 0.3) is 0 Å². The molecule has 5 heteroatoms. The highest BCUT2D eigenvalue weighted by molar-refractivity contribution is 5.84. The van der Waals surface area contributed by atoms with Crippen LogP contribution in [-0.4, -0.2) is 29.0 Å². The summed E-state index contributed by atoms with van der Waals surface area (Å²) in [6.45, 7) is 1.79. The molecule has 0 amide bonds. The predicted octanol–water partition coefficient (Wildman–Crippen LogP) is 1.45. The average Bonchev–Trinajstić information content (AvgIpc) is 2.89. The summed E-state index contributed by atoms with van der Waals surface area (Å²) in [5.41, 5.74) is 0.882. The quantitative estimate of drug-likeness (QED) is 0.856. The number of ether oxygens (including phenoxy) is 1. The molecule has 1 fully saturated rings. The van der Waals surface area contributed by atoms with E-state index in [0.717, 1.165) is 30.4 Å². The Bertz CT molecular complexity index is 546. The predicted molar refractivity (Wildman–Crippen MR) is 62.6 cm³/mol. The number of nitrogens with zero attached hydrogens (tertiary/aromatic N) is 2. The molecule has 0 saturated carbocycles. The van der Waals surface area contributed by atoms with Gasteiger partial charge < -0.3 is 10.1 Å². The molecule has 1 saturated heterocycles. The van der Waals surface area contributed by atoms with E-state index < -0.39 is 0 Å². The largest absolute Gasteiger partial charge is 0.471 e. The van der Waals surface area contributed by atoms with Crippen molar-refractivity contribution in [2.75, 3.05) is 13.1 Å². The van der Waals surface area contributed by atoms with Crippen LogP contribution in [0.3, 0.4) is 0 Å². The van der Waals surface area contributed by atoms with Crippen LogP contribution in [0.15, 0.2) is 18.2 Å². The van der Waals surface area contributed by atoms with Gasteiger partial charge in [0.2, 0.25) is 5.88 Å². The van der Waals surface area contributed by atoms with Crippen molar-refractivity contribution in [3.8, 4) is 5.88 Å². The lowest BCUT2D eigenvalue weighted by molar-refractivity contribution is 0.215. The first-order chi connectivity index (χ1) is 8.24. The van der Waals surface area contributed by atoms with Crippen LogP contribution in [0.1, 0.15) is 6.42 Å². The van der Waals surface area contributed by atoms with Gasteiger partial charge in [0.05, 0.1) is 10.9 Å². The second-order valence-corrected chi connectivity index (χ2v) is 4.32. The van der Waals surface area contributed by atoms with Gasteiger partial charge in [0.15, 0.2) is 0 Å². The minimum Gasteiger partial charge on any atom is -0.471 e. The Labute approximate surface area is 98.4 Å². The lowest BCUT2D eigenvalue weighted by Gasteiger charge is -2.09. The number of halogens is 1. The van der Waals surface area contributed by atoms with Crippen molar-refractivity contribution in [1.82, 2.24) is 15.1 Å². The van der Waals surface area contributed by atoms with Crippen molar-refractivity contribution in [3.63, 3.8) is 0 Å². The molecule has 1 N–H and O–H groups in total. The number of hydrogen-bond acceptors (Lipinski definition) is 3. The Morgan fingerprint density at radius 2 is 2.41 bits per heavy atom. The fourth-order valence-electron chi connectivity index (χ4n) is 2.18. The molecule has 1 unspecified atom stereocenters. The number of nitrogens with one attached hydrogen (secondary N) is 1. The van der Waals surface area contributed by atoms with Gasteiger partial charge in [0.1, 0.15) is 11.9 Å². The van der Waals surface area contributed by atoms with Crippen molar-refractivity contribution in [2.24, 2.45) is 7.05 Å². The van der Waals surface area contributed by atoms with E-state index in [9.17, 15) is 4.39 Å². The lowest BCUT2D eigenvalue weighted by atomic mass is 10.2. The number of aromatic nitrogens is 2. The third-order valence-corrected chi connectivity index (χ3v) is 3.07. The lowest BCUT2D eigenvalue weighted by Crippen LogP contribution is -2.19. The fraction of sp³-hybridized carbons (Fsp3) is 0.417. The highest BCUT2D eigenvalue weighted by Gasteiger charge is 2.19. The van der Waals surface area contributed by atoms with E-state index in [1.807, 2.05) is 7.05 Å². The van der Waals surface area contributed by atoms with E-state index in [1.54, 1.807) is 10.7 Å². The normalized spacial score (nSPS) is 20.0. The van der Waals surface area contributed by atoms with Gasteiger partial charge in [-0.3, -0.25) is 4.68 Å². The average molecular weight is 235 g/mol. The molecule has 2 aromatic rings. The Morgan fingerprint density at radius 3 is 3.18 bits per heavy atom. The molecule has 3 rings (SSSR count). The molecule has 17 heavy (non-hydrogen) atoms. The van der Waals surface area contributed by atoms with Crippen molar-refractivity contribution in [1.29, 1.82) is 0 Å². The van der Waals surface area contributed by atoms with Crippen molar-refractivity contribution in [3.05, 3.63) is 24.0 Å². The number of rotatable bonds is 2. The summed E-state index contributed by atoms with van der Waals surface area (Å²) < 4.78 is 20.8. The van der Waals surface area contributed by atoms with Gasteiger partial charge in [-0.05, 0) is 31.2 Å². The molecule has 0 spiro atoms. The molecule has 4 nitrogen and oxygen atoms in total. The molecule has 2 heterocycles. The topological polar surface area (TPSA) is 39.1 Å². The standard InChI is InChI=1S/C12H14FN3O/c1-16-11-3-2-8(13)6-10(11)12(15-16)17-9-4-5-14-7-9/h2-3,6,9,14H,4-5,7H2,1H3. The zero-order valence-corrected chi connectivity index (χ0v) is 9.61. The minimum atomic E-state index is -0.264. The molecular weight excluding hydrogens is 221 g/mol. The van der Waals surface area contributed by atoms with Crippen LogP contribution in [0.25, 0.3) is 10.9 Å². The van der Waals surface area contributed by atoms with Crippen molar-refractivity contribution in [2.45, 2.75) is 12.5 Å². The molecule has 1 aromatic heterocycles. The molecule has 1 atom stereocenters. The van der Waals surface area contributed by atoms with Crippen molar-refractivity contribution >= 4 is 10.9 Å². The van der Waals surface area contributed by atoms with Crippen LogP contribution in [-0.2, 0) is 7.05 Å². The molecule has 1 aliphatic rings. The molecule has 0 radical (unpaired) electrons. The van der Waals surface area contributed by atoms with Crippen LogP contribution >= 0.6 is 0 Å². The second-order valence-electron chi connectivity index (χ2n) is 4.32. The zero-order chi connectivity index (χ0) is 11.8. The number of fused-ring (bicyclic) bond motifs is 1. The van der Waals surface area contributed by atoms with E-state index >= 15 is 0 Å². The first-order valence-corrected chi connectivity index (χ1v) is 5.73. The van der Waals surface area contributed by atoms with Crippen LogP contribution in [0.2, 0.25) is 0 Å². The van der Waals surface area contributed by atoms with Gasteiger partial charge >= 0.3 is 0 Å². The summed E-state index contributed by atoms with van der Waals surface area (Å²) in [6, 6.07) is 4.63. The third-order valence-electron chi connectivity index (χ3n) is 3.07. The summed E-state index contributed by atoms with van der Waals surface area (Å²) in [5, 5.41) is 8.26. The fourth-order valence-corrected chi connectivity index (χ4v) is 2.18. The maximum absolute atomic E-state index is 13.2. The monoisotopic (exact) mass is 235 g/mol. The summed E-state index contributed by atoms with van der Waals surface area (Å²) >= 11 is 0. The summed E-state index contributed by atoms with van der Waals surface area (Å²) in [4.78, 5) is 0. The van der Waals surface area contributed by atoms with E-state index in [2.05, 4.69) is 10.4 Å².